The Labute approximate surface area is 175 Å². The van der Waals surface area contributed by atoms with Crippen LogP contribution in [0, 0.1) is 0 Å². The first-order valence-electron chi connectivity index (χ1n) is 8.18. The molecule has 0 fully saturated rings. The van der Waals surface area contributed by atoms with E-state index in [1.165, 1.54) is 4.40 Å². The Morgan fingerprint density at radius 3 is 2.46 bits per heavy atom. The fourth-order valence-electron chi connectivity index (χ4n) is 2.66. The van der Waals surface area contributed by atoms with Crippen LogP contribution in [0.3, 0.4) is 0 Å². The van der Waals surface area contributed by atoms with Crippen LogP contribution in [0.5, 0.6) is 0 Å². The summed E-state index contributed by atoms with van der Waals surface area (Å²) in [5.41, 5.74) is 9.80. The lowest BCUT2D eigenvalue weighted by Crippen LogP contribution is -2.10. The lowest BCUT2D eigenvalue weighted by atomic mass is 10.3. The number of fused-ring (bicyclic) bond motifs is 4. The van der Waals surface area contributed by atoms with E-state index in [-0.39, 0.29) is 5.69 Å². The van der Waals surface area contributed by atoms with Crippen molar-refractivity contribution in [1.82, 2.24) is 29.5 Å². The first-order valence-corrected chi connectivity index (χ1v) is 9.76. The number of aromatic nitrogens is 6. The van der Waals surface area contributed by atoms with Gasteiger partial charge in [0.2, 0.25) is 0 Å². The lowest BCUT2D eigenvalue weighted by molar-refractivity contribution is 0.987. The Morgan fingerprint density at radius 1 is 0.964 bits per heavy atom. The molecule has 0 aliphatic rings. The van der Waals surface area contributed by atoms with Gasteiger partial charge in [0.15, 0.2) is 5.65 Å². The molecule has 0 bridgehead atoms. The van der Waals surface area contributed by atoms with E-state index in [1.54, 1.807) is 12.4 Å². The van der Waals surface area contributed by atoms with Crippen LogP contribution in [0.1, 0.15) is 5.69 Å². The summed E-state index contributed by atoms with van der Waals surface area (Å²) in [4.78, 5) is 24.3. The van der Waals surface area contributed by atoms with E-state index in [9.17, 15) is 4.79 Å². The molecule has 3 N–H and O–H groups in total. The third-order valence-corrected chi connectivity index (χ3v) is 4.95. The number of rotatable bonds is 1. The van der Waals surface area contributed by atoms with Crippen molar-refractivity contribution in [2.24, 2.45) is 5.73 Å². The third kappa shape index (κ3) is 3.66. The maximum Gasteiger partial charge on any atom is 0.348 e. The Hall–Kier alpha value is -2.69. The van der Waals surface area contributed by atoms with Crippen LogP contribution in [0.2, 0.25) is 0 Å². The molecular weight excluding hydrogens is 490 g/mol. The van der Waals surface area contributed by atoms with Crippen molar-refractivity contribution in [2.45, 2.75) is 6.54 Å². The van der Waals surface area contributed by atoms with Crippen molar-refractivity contribution in [1.29, 1.82) is 0 Å². The van der Waals surface area contributed by atoms with Crippen molar-refractivity contribution in [3.63, 3.8) is 0 Å². The molecule has 8 nitrogen and oxygen atoms in total. The summed E-state index contributed by atoms with van der Waals surface area (Å²) in [7, 11) is 0. The number of nitrogens with two attached hydrogens (primary N) is 1. The van der Waals surface area contributed by atoms with E-state index in [4.69, 9.17) is 5.73 Å². The summed E-state index contributed by atoms with van der Waals surface area (Å²) in [6.45, 7) is 0.426. The predicted molar refractivity (Wildman–Crippen MR) is 114 cm³/mol. The topological polar surface area (TPSA) is 115 Å². The van der Waals surface area contributed by atoms with E-state index in [1.807, 2.05) is 36.4 Å². The molecule has 0 aliphatic carbocycles. The van der Waals surface area contributed by atoms with E-state index in [0.29, 0.717) is 12.2 Å². The molecular formula is C18H13Br2N7O. The molecule has 0 radical (unpaired) electrons. The third-order valence-electron chi connectivity index (χ3n) is 3.96. The zero-order chi connectivity index (χ0) is 19.7. The smallest absolute Gasteiger partial charge is 0.325 e. The standard InChI is InChI=1S/C9H5BrN4O.C9H8BrN3/c10-5-1-2-6-7(3-5)14-8(4-11-6)12-13-9(14)15;10-6-1-2-8-9(3-6)13-7(4-11)5-12-8/h1-4H,(H,13,15);1-3,5H,4,11H2. The molecule has 28 heavy (non-hydrogen) atoms. The summed E-state index contributed by atoms with van der Waals surface area (Å²) in [6.07, 6.45) is 3.27. The van der Waals surface area contributed by atoms with Gasteiger partial charge in [-0.3, -0.25) is 9.97 Å². The van der Waals surface area contributed by atoms with Gasteiger partial charge in [-0.25, -0.2) is 19.3 Å². The zero-order valence-electron chi connectivity index (χ0n) is 14.3. The van der Waals surface area contributed by atoms with E-state index >= 15 is 0 Å². The highest BCUT2D eigenvalue weighted by molar-refractivity contribution is 9.10. The number of nitrogens with zero attached hydrogens (tertiary/aromatic N) is 5. The van der Waals surface area contributed by atoms with Crippen LogP contribution in [0.25, 0.3) is 27.7 Å². The summed E-state index contributed by atoms with van der Waals surface area (Å²) >= 11 is 6.74. The number of nitrogens with one attached hydrogen (secondary N) is 1. The monoisotopic (exact) mass is 501 g/mol. The molecule has 0 amide bonds. The Kier molecular flexibility index (Phi) is 5.16. The van der Waals surface area contributed by atoms with Gasteiger partial charge in [0.1, 0.15) is 0 Å². The summed E-state index contributed by atoms with van der Waals surface area (Å²) in [5, 5.41) is 6.24. The van der Waals surface area contributed by atoms with E-state index in [0.717, 1.165) is 36.7 Å². The summed E-state index contributed by atoms with van der Waals surface area (Å²) in [5.74, 6) is 0. The normalized spacial score (nSPS) is 11.0. The van der Waals surface area contributed by atoms with Crippen molar-refractivity contribution < 1.29 is 0 Å². The van der Waals surface area contributed by atoms with Crippen molar-refractivity contribution in [3.05, 3.63) is 73.9 Å². The maximum absolute atomic E-state index is 11.5. The van der Waals surface area contributed by atoms with Gasteiger partial charge in [-0.05, 0) is 36.4 Å². The first-order chi connectivity index (χ1) is 13.5. The molecule has 3 heterocycles. The molecule has 140 valence electrons. The Morgan fingerprint density at radius 2 is 1.68 bits per heavy atom. The van der Waals surface area contributed by atoms with Gasteiger partial charge in [-0.2, -0.15) is 5.10 Å². The molecule has 0 atom stereocenters. The number of H-pyrrole nitrogens is 1. The SMILES string of the molecule is NCc1cnc2ccc(Br)cc2n1.O=c1[nH]nc2cnc3ccc(Br)cc3n12. The largest absolute Gasteiger partial charge is 0.348 e. The second kappa shape index (κ2) is 7.74. The second-order valence-electron chi connectivity index (χ2n) is 5.81. The quantitative estimate of drug-likeness (QED) is 0.363. The molecule has 5 aromatic rings. The minimum Gasteiger partial charge on any atom is -0.325 e. The number of halogens is 2. The van der Waals surface area contributed by atoms with Gasteiger partial charge >= 0.3 is 5.69 Å². The highest BCUT2D eigenvalue weighted by Crippen LogP contribution is 2.18. The van der Waals surface area contributed by atoms with Crippen molar-refractivity contribution >= 4 is 59.6 Å². The maximum atomic E-state index is 11.5. The summed E-state index contributed by atoms with van der Waals surface area (Å²) < 4.78 is 3.40. The highest BCUT2D eigenvalue weighted by atomic mass is 79.9. The average Bonchev–Trinajstić information content (AvgIpc) is 3.09. The fourth-order valence-corrected chi connectivity index (χ4v) is 3.36. The van der Waals surface area contributed by atoms with Crippen LogP contribution in [-0.2, 0) is 6.54 Å². The molecule has 0 saturated carbocycles. The zero-order valence-corrected chi connectivity index (χ0v) is 17.5. The molecule has 0 saturated heterocycles. The molecule has 5 rings (SSSR count). The van der Waals surface area contributed by atoms with Crippen LogP contribution < -0.4 is 11.4 Å². The molecule has 0 aliphatic heterocycles. The van der Waals surface area contributed by atoms with Gasteiger partial charge in [0.05, 0.1) is 40.2 Å². The second-order valence-corrected chi connectivity index (χ2v) is 7.64. The molecule has 10 heteroatoms. The fraction of sp³-hybridized carbons (Fsp3) is 0.0556. The van der Waals surface area contributed by atoms with Crippen LogP contribution in [0.15, 0.2) is 62.5 Å². The van der Waals surface area contributed by atoms with Gasteiger partial charge in [0, 0.05) is 15.5 Å². The highest BCUT2D eigenvalue weighted by Gasteiger charge is 2.05. The number of hydrogen-bond acceptors (Lipinski definition) is 6. The van der Waals surface area contributed by atoms with E-state index < -0.39 is 0 Å². The average molecular weight is 503 g/mol. The van der Waals surface area contributed by atoms with Gasteiger partial charge in [0.25, 0.3) is 0 Å². The lowest BCUT2D eigenvalue weighted by Gasteiger charge is -1.99. The van der Waals surface area contributed by atoms with Crippen molar-refractivity contribution in [3.8, 4) is 0 Å². The number of hydrogen-bond donors (Lipinski definition) is 2. The summed E-state index contributed by atoms with van der Waals surface area (Å²) in [6, 6.07) is 11.4. The van der Waals surface area contributed by atoms with Crippen molar-refractivity contribution in [2.75, 3.05) is 0 Å². The van der Waals surface area contributed by atoms with Gasteiger partial charge in [-0.15, -0.1) is 0 Å². The molecule has 2 aromatic carbocycles. The Balaban J connectivity index is 0.000000139. The first kappa shape index (κ1) is 18.7. The predicted octanol–water partition coefficient (Wildman–Crippen LogP) is 3.18. The Bertz CT molecular complexity index is 1360. The molecule has 0 unspecified atom stereocenters. The molecule has 3 aromatic heterocycles. The van der Waals surface area contributed by atoms with E-state index in [2.05, 4.69) is 57.0 Å². The van der Waals surface area contributed by atoms with Crippen LogP contribution in [0.4, 0.5) is 0 Å². The van der Waals surface area contributed by atoms with Crippen LogP contribution in [-0.4, -0.2) is 29.5 Å². The number of benzene rings is 2. The van der Waals surface area contributed by atoms with Gasteiger partial charge in [-0.1, -0.05) is 31.9 Å². The minimum absolute atomic E-state index is 0.254. The molecule has 0 spiro atoms. The van der Waals surface area contributed by atoms with Gasteiger partial charge < -0.3 is 5.73 Å². The van der Waals surface area contributed by atoms with Crippen LogP contribution >= 0.6 is 31.9 Å². The minimum atomic E-state index is -0.254. The number of aromatic amines is 1.